The average molecular weight is 143 g/mol. The first-order chi connectivity index (χ1) is 4.59. The first-order valence-corrected chi connectivity index (χ1v) is 3.67. The van der Waals surface area contributed by atoms with Gasteiger partial charge in [0.2, 0.25) is 0 Å². The molecule has 0 aromatic rings. The van der Waals surface area contributed by atoms with Gasteiger partial charge in [-0.25, -0.2) is 0 Å². The molecule has 0 aromatic carbocycles. The summed E-state index contributed by atoms with van der Waals surface area (Å²) in [5.41, 5.74) is 0. The first kappa shape index (κ1) is 9.40. The van der Waals surface area contributed by atoms with E-state index in [-0.39, 0.29) is 0 Å². The highest BCUT2D eigenvalue weighted by Crippen LogP contribution is 2.04. The fourth-order valence-electron chi connectivity index (χ4n) is 0.906. The molecule has 0 bridgehead atoms. The van der Waals surface area contributed by atoms with E-state index in [2.05, 4.69) is 38.0 Å². The van der Waals surface area contributed by atoms with E-state index in [1.807, 2.05) is 5.01 Å². The molecule has 0 radical (unpaired) electrons. The molecule has 60 valence electrons. The lowest BCUT2D eigenvalue weighted by molar-refractivity contribution is 0.168. The topological polar surface area (TPSA) is 28.0 Å². The van der Waals surface area contributed by atoms with Crippen LogP contribution in [0.1, 0.15) is 27.7 Å². The molecule has 0 aliphatic heterocycles. The van der Waals surface area contributed by atoms with Crippen LogP contribution in [0.2, 0.25) is 0 Å². The molecule has 0 aliphatic rings. The summed E-state index contributed by atoms with van der Waals surface area (Å²) in [6.07, 6.45) is 0. The van der Waals surface area contributed by atoms with Gasteiger partial charge in [-0.15, -0.1) is 0 Å². The molecule has 0 rings (SSSR count). The third-order valence-electron chi connectivity index (χ3n) is 1.25. The van der Waals surface area contributed by atoms with Crippen molar-refractivity contribution in [1.82, 2.24) is 5.01 Å². The molecule has 0 unspecified atom stereocenters. The summed E-state index contributed by atoms with van der Waals surface area (Å²) in [4.78, 5) is 0. The molecule has 0 aromatic heterocycles. The fourth-order valence-corrected chi connectivity index (χ4v) is 0.906. The summed E-state index contributed by atoms with van der Waals surface area (Å²) in [7, 11) is 1.69. The number of nitrogens with zero attached hydrogens (tertiary/aromatic N) is 3. The van der Waals surface area contributed by atoms with Gasteiger partial charge in [0.25, 0.3) is 0 Å². The maximum absolute atomic E-state index is 3.98. The standard InChI is InChI=1S/C7H17N3/c1-6(2)10(7(3)4)9-8-5/h6-7H,1-5H3/b9-8-. The van der Waals surface area contributed by atoms with Crippen molar-refractivity contribution in [3.05, 3.63) is 0 Å². The maximum atomic E-state index is 3.98. The molecule has 0 fully saturated rings. The Morgan fingerprint density at radius 2 is 1.40 bits per heavy atom. The summed E-state index contributed by atoms with van der Waals surface area (Å²) in [5, 5.41) is 9.68. The van der Waals surface area contributed by atoms with E-state index in [0.717, 1.165) is 0 Å². The molecule has 0 N–H and O–H groups in total. The number of hydrogen-bond acceptors (Lipinski definition) is 2. The summed E-state index contributed by atoms with van der Waals surface area (Å²) in [6, 6.07) is 0.868. The van der Waals surface area contributed by atoms with E-state index in [1.165, 1.54) is 0 Å². The highest BCUT2D eigenvalue weighted by molar-refractivity contribution is 4.60. The fraction of sp³-hybridized carbons (Fsp3) is 1.00. The second-order valence-electron chi connectivity index (χ2n) is 2.86. The van der Waals surface area contributed by atoms with E-state index in [1.54, 1.807) is 7.05 Å². The van der Waals surface area contributed by atoms with Crippen LogP contribution in [0.5, 0.6) is 0 Å². The quantitative estimate of drug-likeness (QED) is 0.439. The van der Waals surface area contributed by atoms with Crippen molar-refractivity contribution in [2.24, 2.45) is 10.3 Å². The molecule has 0 atom stereocenters. The van der Waals surface area contributed by atoms with E-state index in [9.17, 15) is 0 Å². The summed E-state index contributed by atoms with van der Waals surface area (Å²) >= 11 is 0. The van der Waals surface area contributed by atoms with Crippen LogP contribution < -0.4 is 0 Å². The smallest absolute Gasteiger partial charge is 0.0509 e. The lowest BCUT2D eigenvalue weighted by Gasteiger charge is -2.25. The van der Waals surface area contributed by atoms with Gasteiger partial charge in [0.15, 0.2) is 0 Å². The second-order valence-corrected chi connectivity index (χ2v) is 2.86. The van der Waals surface area contributed by atoms with Crippen LogP contribution in [0.25, 0.3) is 0 Å². The zero-order valence-electron chi connectivity index (χ0n) is 7.50. The van der Waals surface area contributed by atoms with Gasteiger partial charge in [-0.2, -0.15) is 5.11 Å². The third kappa shape index (κ3) is 2.80. The Morgan fingerprint density at radius 3 is 1.50 bits per heavy atom. The van der Waals surface area contributed by atoms with E-state index in [0.29, 0.717) is 12.1 Å². The average Bonchev–Trinajstić information content (AvgIpc) is 1.81. The van der Waals surface area contributed by atoms with Crippen molar-refractivity contribution < 1.29 is 0 Å². The van der Waals surface area contributed by atoms with Gasteiger partial charge >= 0.3 is 0 Å². The van der Waals surface area contributed by atoms with Crippen LogP contribution in [-0.2, 0) is 0 Å². The normalized spacial score (nSPS) is 11.9. The Bertz CT molecular complexity index is 99.4. The molecular weight excluding hydrogens is 126 g/mol. The van der Waals surface area contributed by atoms with Crippen LogP contribution in [0.15, 0.2) is 10.3 Å². The van der Waals surface area contributed by atoms with Crippen molar-refractivity contribution >= 4 is 0 Å². The largest absolute Gasteiger partial charge is 0.274 e. The lowest BCUT2D eigenvalue weighted by Crippen LogP contribution is -2.31. The molecule has 0 saturated heterocycles. The van der Waals surface area contributed by atoms with E-state index >= 15 is 0 Å². The zero-order valence-corrected chi connectivity index (χ0v) is 7.50. The van der Waals surface area contributed by atoms with Crippen molar-refractivity contribution in [1.29, 1.82) is 0 Å². The predicted molar refractivity (Wildman–Crippen MR) is 42.9 cm³/mol. The van der Waals surface area contributed by atoms with Gasteiger partial charge in [0, 0.05) is 12.1 Å². The zero-order chi connectivity index (χ0) is 8.15. The van der Waals surface area contributed by atoms with E-state index in [4.69, 9.17) is 0 Å². The molecule has 3 heteroatoms. The molecule has 0 spiro atoms. The maximum Gasteiger partial charge on any atom is 0.0509 e. The predicted octanol–water partition coefficient (Wildman–Crippen LogP) is 2.10. The lowest BCUT2D eigenvalue weighted by atomic mass is 10.3. The molecule has 10 heavy (non-hydrogen) atoms. The van der Waals surface area contributed by atoms with E-state index < -0.39 is 0 Å². The van der Waals surface area contributed by atoms with Crippen molar-refractivity contribution in [3.63, 3.8) is 0 Å². The van der Waals surface area contributed by atoms with Crippen LogP contribution in [0.4, 0.5) is 0 Å². The summed E-state index contributed by atoms with van der Waals surface area (Å²) in [6.45, 7) is 8.42. The minimum absolute atomic E-state index is 0.434. The molecule has 0 heterocycles. The molecule has 3 nitrogen and oxygen atoms in total. The number of rotatable bonds is 3. The van der Waals surface area contributed by atoms with Crippen molar-refractivity contribution in [2.45, 2.75) is 39.8 Å². The number of hydrogen-bond donors (Lipinski definition) is 0. The van der Waals surface area contributed by atoms with Gasteiger partial charge in [-0.3, -0.25) is 5.01 Å². The van der Waals surface area contributed by atoms with Crippen molar-refractivity contribution in [2.75, 3.05) is 7.05 Å². The van der Waals surface area contributed by atoms with Crippen LogP contribution in [0, 0.1) is 0 Å². The van der Waals surface area contributed by atoms with Gasteiger partial charge in [-0.1, -0.05) is 5.22 Å². The Morgan fingerprint density at radius 1 is 1.00 bits per heavy atom. The summed E-state index contributed by atoms with van der Waals surface area (Å²) in [5.74, 6) is 0. The Balaban J connectivity index is 3.98. The Kier molecular flexibility index (Phi) is 4.00. The highest BCUT2D eigenvalue weighted by atomic mass is 15.6. The first-order valence-electron chi connectivity index (χ1n) is 3.67. The van der Waals surface area contributed by atoms with Gasteiger partial charge < -0.3 is 0 Å². The molecular formula is C7H17N3. The van der Waals surface area contributed by atoms with Crippen molar-refractivity contribution in [3.8, 4) is 0 Å². The van der Waals surface area contributed by atoms with Crippen LogP contribution in [-0.4, -0.2) is 24.1 Å². The van der Waals surface area contributed by atoms with Crippen LogP contribution in [0.3, 0.4) is 0 Å². The molecule has 0 amide bonds. The second kappa shape index (κ2) is 4.25. The highest BCUT2D eigenvalue weighted by Gasteiger charge is 2.09. The van der Waals surface area contributed by atoms with Gasteiger partial charge in [0.05, 0.1) is 7.05 Å². The van der Waals surface area contributed by atoms with Crippen LogP contribution >= 0.6 is 0 Å². The third-order valence-corrected chi connectivity index (χ3v) is 1.25. The molecule has 0 saturated carbocycles. The Hall–Kier alpha value is -0.600. The minimum atomic E-state index is 0.434. The summed E-state index contributed by atoms with van der Waals surface area (Å²) < 4.78 is 0. The SMILES string of the molecule is C/N=N\N(C(C)C)C(C)C. The van der Waals surface area contributed by atoms with Gasteiger partial charge in [-0.05, 0) is 27.7 Å². The monoisotopic (exact) mass is 143 g/mol. The molecule has 0 aliphatic carbocycles. The minimum Gasteiger partial charge on any atom is -0.274 e. The Labute approximate surface area is 63.1 Å². The van der Waals surface area contributed by atoms with Gasteiger partial charge in [0.1, 0.15) is 0 Å².